The number of H-pyrrole nitrogens is 1. The molecular formula is C21H27N7O. The van der Waals surface area contributed by atoms with E-state index < -0.39 is 0 Å². The topological polar surface area (TPSA) is 103 Å². The van der Waals surface area contributed by atoms with Crippen LogP contribution < -0.4 is 10.2 Å². The molecule has 3 N–H and O–H groups in total. The largest absolute Gasteiger partial charge is 0.507 e. The van der Waals surface area contributed by atoms with Gasteiger partial charge in [-0.05, 0) is 37.0 Å². The van der Waals surface area contributed by atoms with Gasteiger partial charge in [0.25, 0.3) is 0 Å². The first kappa shape index (κ1) is 19.3. The van der Waals surface area contributed by atoms with Gasteiger partial charge in [0.15, 0.2) is 0 Å². The second-order valence-electron chi connectivity index (χ2n) is 7.97. The summed E-state index contributed by atoms with van der Waals surface area (Å²) in [4.78, 5) is 6.69. The number of nitrogens with one attached hydrogen (secondary N) is 2. The van der Waals surface area contributed by atoms with Gasteiger partial charge >= 0.3 is 0 Å². The molecule has 3 aromatic rings. The number of aromatic nitrogens is 5. The first-order valence-corrected chi connectivity index (χ1v) is 10.0. The average Bonchev–Trinajstić information content (AvgIpc) is 3.40. The molecule has 2 unspecified atom stereocenters. The third-order valence-electron chi connectivity index (χ3n) is 5.47. The number of phenolic OH excluding ortho intramolecular Hbond substituents is 1. The molecule has 0 amide bonds. The summed E-state index contributed by atoms with van der Waals surface area (Å²) in [5.74, 6) is 1.35. The summed E-state index contributed by atoms with van der Waals surface area (Å²) in [5, 5.41) is 29.4. The number of aromatic amines is 1. The van der Waals surface area contributed by atoms with Crippen molar-refractivity contribution in [1.82, 2.24) is 30.7 Å². The van der Waals surface area contributed by atoms with E-state index in [0.29, 0.717) is 35.2 Å². The predicted molar refractivity (Wildman–Crippen MR) is 113 cm³/mol. The lowest BCUT2D eigenvalue weighted by Gasteiger charge is -2.23. The van der Waals surface area contributed by atoms with Crippen LogP contribution >= 0.6 is 0 Å². The first-order valence-electron chi connectivity index (χ1n) is 10.0. The summed E-state index contributed by atoms with van der Waals surface area (Å²) in [5.41, 5.74) is 2.95. The number of hydrogen-bond donors (Lipinski definition) is 3. The summed E-state index contributed by atoms with van der Waals surface area (Å²) < 4.78 is 0. The number of hydrogen-bond acceptors (Lipinski definition) is 7. The monoisotopic (exact) mass is 393 g/mol. The summed E-state index contributed by atoms with van der Waals surface area (Å²) in [7, 11) is 0. The van der Waals surface area contributed by atoms with Gasteiger partial charge in [0, 0.05) is 42.5 Å². The van der Waals surface area contributed by atoms with E-state index in [1.807, 2.05) is 12.1 Å². The smallest absolute Gasteiger partial charge is 0.245 e. The van der Waals surface area contributed by atoms with Gasteiger partial charge in [-0.25, -0.2) is 4.98 Å². The van der Waals surface area contributed by atoms with E-state index in [4.69, 9.17) is 0 Å². The van der Waals surface area contributed by atoms with E-state index in [1.165, 1.54) is 0 Å². The maximum atomic E-state index is 10.4. The number of phenols is 1. The molecule has 2 aromatic heterocycles. The van der Waals surface area contributed by atoms with Gasteiger partial charge < -0.3 is 15.3 Å². The fraction of sp³-hybridized carbons (Fsp3) is 0.429. The van der Waals surface area contributed by atoms with Gasteiger partial charge in [-0.3, -0.25) is 5.10 Å². The Morgan fingerprint density at radius 1 is 1.17 bits per heavy atom. The van der Waals surface area contributed by atoms with Crippen molar-refractivity contribution >= 4 is 5.95 Å². The molecule has 1 saturated heterocycles. The highest BCUT2D eigenvalue weighted by molar-refractivity contribution is 5.73. The van der Waals surface area contributed by atoms with Gasteiger partial charge in [0.1, 0.15) is 11.4 Å². The maximum absolute atomic E-state index is 10.4. The van der Waals surface area contributed by atoms with Crippen LogP contribution in [0.1, 0.15) is 27.2 Å². The molecule has 8 heteroatoms. The van der Waals surface area contributed by atoms with Crippen molar-refractivity contribution in [2.24, 2.45) is 5.92 Å². The van der Waals surface area contributed by atoms with Crippen molar-refractivity contribution < 1.29 is 5.11 Å². The second-order valence-corrected chi connectivity index (χ2v) is 7.97. The SMILES string of the molecule is CC(C)NC(C)C1CCN(c2ncc(-c3ccc(-c4cn[nH]c4)cc3O)nn2)C1. The van der Waals surface area contributed by atoms with E-state index in [2.05, 4.69) is 56.4 Å². The second kappa shape index (κ2) is 8.16. The van der Waals surface area contributed by atoms with E-state index in [0.717, 1.165) is 30.6 Å². The van der Waals surface area contributed by atoms with Crippen molar-refractivity contribution in [2.45, 2.75) is 39.3 Å². The summed E-state index contributed by atoms with van der Waals surface area (Å²) >= 11 is 0. The highest BCUT2D eigenvalue weighted by Crippen LogP contribution is 2.32. The molecule has 4 rings (SSSR count). The van der Waals surface area contributed by atoms with E-state index in [-0.39, 0.29) is 5.75 Å². The number of anilines is 1. The summed E-state index contributed by atoms with van der Waals surface area (Å²) in [6.45, 7) is 8.44. The van der Waals surface area contributed by atoms with Gasteiger partial charge in [-0.1, -0.05) is 19.9 Å². The number of nitrogens with zero attached hydrogens (tertiary/aromatic N) is 5. The zero-order valence-electron chi connectivity index (χ0n) is 17.0. The van der Waals surface area contributed by atoms with Crippen molar-refractivity contribution in [3.63, 3.8) is 0 Å². The van der Waals surface area contributed by atoms with Gasteiger partial charge in [0.05, 0.1) is 12.4 Å². The minimum atomic E-state index is 0.141. The lowest BCUT2D eigenvalue weighted by atomic mass is 10.00. The first-order chi connectivity index (χ1) is 14.0. The van der Waals surface area contributed by atoms with Crippen LogP contribution in [0.25, 0.3) is 22.4 Å². The van der Waals surface area contributed by atoms with Crippen LogP contribution in [0.3, 0.4) is 0 Å². The Bertz CT molecular complexity index is 940. The molecule has 29 heavy (non-hydrogen) atoms. The van der Waals surface area contributed by atoms with E-state index in [9.17, 15) is 5.11 Å². The molecular weight excluding hydrogens is 366 g/mol. The Kier molecular flexibility index (Phi) is 5.44. The zero-order valence-corrected chi connectivity index (χ0v) is 17.0. The number of benzene rings is 1. The van der Waals surface area contributed by atoms with Crippen LogP contribution in [0.2, 0.25) is 0 Å². The van der Waals surface area contributed by atoms with Gasteiger partial charge in [-0.2, -0.15) is 5.10 Å². The molecule has 0 saturated carbocycles. The minimum absolute atomic E-state index is 0.141. The minimum Gasteiger partial charge on any atom is -0.507 e. The highest BCUT2D eigenvalue weighted by Gasteiger charge is 2.29. The molecule has 1 fully saturated rings. The van der Waals surface area contributed by atoms with Crippen molar-refractivity contribution in [2.75, 3.05) is 18.0 Å². The Balaban J connectivity index is 1.46. The molecule has 1 aliphatic heterocycles. The van der Waals surface area contributed by atoms with Crippen LogP contribution in [-0.4, -0.2) is 55.7 Å². The fourth-order valence-electron chi connectivity index (χ4n) is 3.91. The molecule has 0 aliphatic carbocycles. The third-order valence-corrected chi connectivity index (χ3v) is 5.47. The van der Waals surface area contributed by atoms with Gasteiger partial charge in [0.2, 0.25) is 5.95 Å². The summed E-state index contributed by atoms with van der Waals surface area (Å²) in [6.07, 6.45) is 6.29. The van der Waals surface area contributed by atoms with Crippen molar-refractivity contribution in [3.05, 3.63) is 36.8 Å². The summed E-state index contributed by atoms with van der Waals surface area (Å²) in [6, 6.07) is 6.38. The molecule has 0 spiro atoms. The molecule has 2 atom stereocenters. The quantitative estimate of drug-likeness (QED) is 0.592. The molecule has 0 radical (unpaired) electrons. The Hall–Kier alpha value is -3.00. The fourth-order valence-corrected chi connectivity index (χ4v) is 3.91. The van der Waals surface area contributed by atoms with E-state index >= 15 is 0 Å². The maximum Gasteiger partial charge on any atom is 0.245 e. The molecule has 152 valence electrons. The van der Waals surface area contributed by atoms with Gasteiger partial charge in [-0.15, -0.1) is 10.2 Å². The Labute approximate surface area is 170 Å². The van der Waals surface area contributed by atoms with E-state index in [1.54, 1.807) is 24.7 Å². The normalized spacial score (nSPS) is 17.8. The number of rotatable bonds is 6. The van der Waals surface area contributed by atoms with Crippen LogP contribution in [0.5, 0.6) is 5.75 Å². The molecule has 8 nitrogen and oxygen atoms in total. The molecule has 3 heterocycles. The lowest BCUT2D eigenvalue weighted by molar-refractivity contribution is 0.375. The molecule has 0 bridgehead atoms. The lowest BCUT2D eigenvalue weighted by Crippen LogP contribution is -2.39. The Morgan fingerprint density at radius 2 is 2.03 bits per heavy atom. The predicted octanol–water partition coefficient (Wildman–Crippen LogP) is 2.85. The highest BCUT2D eigenvalue weighted by atomic mass is 16.3. The average molecular weight is 393 g/mol. The van der Waals surface area contributed by atoms with Crippen LogP contribution in [0, 0.1) is 5.92 Å². The number of aromatic hydroxyl groups is 1. The standard InChI is InChI=1S/C21H27N7O/c1-13(2)25-14(3)16-6-7-28(12-16)21-22-11-19(26-27-21)18-5-4-15(8-20(18)29)17-9-23-24-10-17/h4-5,8-11,13-14,16,25,29H,6-7,12H2,1-3H3,(H,23,24). The molecule has 1 aliphatic rings. The van der Waals surface area contributed by atoms with Crippen LogP contribution in [-0.2, 0) is 0 Å². The van der Waals surface area contributed by atoms with Crippen molar-refractivity contribution in [3.8, 4) is 28.1 Å². The zero-order chi connectivity index (χ0) is 20.4. The van der Waals surface area contributed by atoms with Crippen LogP contribution in [0.4, 0.5) is 5.95 Å². The van der Waals surface area contributed by atoms with Crippen LogP contribution in [0.15, 0.2) is 36.8 Å². The van der Waals surface area contributed by atoms with Crippen molar-refractivity contribution in [1.29, 1.82) is 0 Å². The molecule has 1 aromatic carbocycles. The third kappa shape index (κ3) is 4.22. The Morgan fingerprint density at radius 3 is 2.69 bits per heavy atom.